The van der Waals surface area contributed by atoms with Gasteiger partial charge in [0.25, 0.3) is 0 Å². The van der Waals surface area contributed by atoms with E-state index < -0.39 is 0 Å². The lowest BCUT2D eigenvalue weighted by Crippen LogP contribution is -1.76. The molecule has 0 aliphatic carbocycles. The van der Waals surface area contributed by atoms with Crippen molar-refractivity contribution in [2.24, 2.45) is 0 Å². The second-order valence-corrected chi connectivity index (χ2v) is 5.39. The smallest absolute Gasteiger partial charge is 0.180 e. The third-order valence-electron chi connectivity index (χ3n) is 3.65. The minimum Gasteiger partial charge on any atom is -0.345 e. The zero-order valence-electron chi connectivity index (χ0n) is 14.1. The third-order valence-corrected chi connectivity index (χ3v) is 3.65. The van der Waals surface area contributed by atoms with Crippen LogP contribution in [-0.4, -0.2) is 45.3 Å². The van der Waals surface area contributed by atoms with Crippen LogP contribution in [-0.2, 0) is 0 Å². The van der Waals surface area contributed by atoms with Crippen molar-refractivity contribution in [3.8, 4) is 0 Å². The van der Waals surface area contributed by atoms with Crippen molar-refractivity contribution in [2.75, 3.05) is 0 Å². The van der Waals surface area contributed by atoms with E-state index in [1.165, 1.54) is 6.33 Å². The highest BCUT2D eigenvalue weighted by Crippen LogP contribution is 2.05. The number of hydrogen-bond donors (Lipinski definition) is 3. The number of imidazole rings is 2. The molecule has 27 heavy (non-hydrogen) atoms. The van der Waals surface area contributed by atoms with E-state index in [4.69, 9.17) is 0 Å². The Morgan fingerprint density at radius 3 is 2.04 bits per heavy atom. The summed E-state index contributed by atoms with van der Waals surface area (Å²) in [6.07, 6.45) is 6.46. The van der Waals surface area contributed by atoms with Crippen molar-refractivity contribution in [2.45, 2.75) is 0 Å². The molecular weight excluding hydrogens is 342 g/mol. The Kier molecular flexibility index (Phi) is 4.74. The summed E-state index contributed by atoms with van der Waals surface area (Å²) >= 11 is 0. The number of benzene rings is 2. The summed E-state index contributed by atoms with van der Waals surface area (Å²) in [6.45, 7) is 0. The molecule has 4 heterocycles. The molecule has 0 spiro atoms. The highest BCUT2D eigenvalue weighted by molar-refractivity contribution is 5.74. The van der Waals surface area contributed by atoms with E-state index in [0.717, 1.165) is 27.6 Å². The first-order valence-corrected chi connectivity index (χ1v) is 8.13. The zero-order chi connectivity index (χ0) is 18.3. The maximum absolute atomic E-state index is 4.06. The van der Waals surface area contributed by atoms with Crippen LogP contribution >= 0.6 is 0 Å². The summed E-state index contributed by atoms with van der Waals surface area (Å²) in [7, 11) is 0. The molecular formula is C18H15N9. The largest absolute Gasteiger partial charge is 0.345 e. The average molecular weight is 357 g/mol. The summed E-state index contributed by atoms with van der Waals surface area (Å²) in [5.74, 6) is 0. The molecule has 0 atom stereocenters. The van der Waals surface area contributed by atoms with Gasteiger partial charge in [-0.2, -0.15) is 15.4 Å². The molecule has 132 valence electrons. The van der Waals surface area contributed by atoms with Crippen LogP contribution in [0.25, 0.3) is 33.2 Å². The van der Waals surface area contributed by atoms with Crippen LogP contribution in [0.15, 0.2) is 73.7 Å². The summed E-state index contributed by atoms with van der Waals surface area (Å²) in [5, 5.41) is 10.3. The Morgan fingerprint density at radius 1 is 0.630 bits per heavy atom. The fraction of sp³-hybridized carbons (Fsp3) is 0. The predicted octanol–water partition coefficient (Wildman–Crippen LogP) is 2.87. The minimum absolute atomic E-state index is 0.713. The molecule has 0 radical (unpaired) electrons. The lowest BCUT2D eigenvalue weighted by atomic mass is 10.3. The van der Waals surface area contributed by atoms with Crippen molar-refractivity contribution < 1.29 is 0 Å². The van der Waals surface area contributed by atoms with Gasteiger partial charge in [-0.05, 0) is 24.3 Å². The molecule has 0 saturated carbocycles. The maximum atomic E-state index is 4.06. The van der Waals surface area contributed by atoms with E-state index in [0.29, 0.717) is 5.65 Å². The second-order valence-electron chi connectivity index (χ2n) is 5.39. The first kappa shape index (κ1) is 16.3. The Balaban J connectivity index is 0.0000001000. The summed E-state index contributed by atoms with van der Waals surface area (Å²) in [5.41, 5.74) is 5.53. The number of nitrogens with zero attached hydrogens (tertiary/aromatic N) is 6. The second kappa shape index (κ2) is 7.83. The number of nitrogens with one attached hydrogen (secondary N) is 3. The molecule has 2 aromatic carbocycles. The standard InChI is InChI=1S/C7H6N2.C6H5N3.C5H4N4/c1-2-4-7-6(3-1)8-5-9-7;1-2-4-6-5(3-1)7-9-8-6;1-4-5(8-2-6-1)9-3-7-4/h1-5H,(H,8,9);1-4H,(H,7,8,9);1-3H,(H,6,7,8,9). The van der Waals surface area contributed by atoms with Gasteiger partial charge in [-0.3, -0.25) is 0 Å². The Bertz CT molecular complexity index is 1000. The summed E-state index contributed by atoms with van der Waals surface area (Å²) in [6, 6.07) is 15.6. The van der Waals surface area contributed by atoms with Gasteiger partial charge in [0.15, 0.2) is 5.65 Å². The molecule has 6 rings (SSSR count). The van der Waals surface area contributed by atoms with E-state index in [9.17, 15) is 0 Å². The number of fused-ring (bicyclic) bond motifs is 3. The van der Waals surface area contributed by atoms with Gasteiger partial charge in [0.1, 0.15) is 22.9 Å². The average Bonchev–Trinajstić information content (AvgIpc) is 3.48. The molecule has 0 aliphatic heterocycles. The zero-order valence-corrected chi connectivity index (χ0v) is 14.1. The number of H-pyrrole nitrogens is 3. The molecule has 0 saturated heterocycles. The molecule has 9 heteroatoms. The number of rotatable bonds is 0. The van der Waals surface area contributed by atoms with Crippen molar-refractivity contribution in [3.63, 3.8) is 0 Å². The van der Waals surface area contributed by atoms with Gasteiger partial charge >= 0.3 is 0 Å². The molecule has 0 fully saturated rings. The fourth-order valence-electron chi connectivity index (χ4n) is 2.36. The molecule has 9 nitrogen and oxygen atoms in total. The van der Waals surface area contributed by atoms with Crippen molar-refractivity contribution in [1.29, 1.82) is 0 Å². The third kappa shape index (κ3) is 3.93. The van der Waals surface area contributed by atoms with Crippen molar-refractivity contribution >= 4 is 33.2 Å². The van der Waals surface area contributed by atoms with Gasteiger partial charge in [-0.15, -0.1) is 0 Å². The van der Waals surface area contributed by atoms with E-state index in [1.807, 2.05) is 48.5 Å². The summed E-state index contributed by atoms with van der Waals surface area (Å²) in [4.78, 5) is 21.6. The first-order chi connectivity index (χ1) is 13.4. The SMILES string of the molecule is c1ccc2[nH]cnc2c1.c1ccc2n[nH]nc2c1.c1ncc2[nH]cnc2n1. The van der Waals surface area contributed by atoms with Crippen LogP contribution in [0, 0.1) is 0 Å². The molecule has 3 N–H and O–H groups in total. The van der Waals surface area contributed by atoms with Crippen LogP contribution in [0.2, 0.25) is 0 Å². The first-order valence-electron chi connectivity index (χ1n) is 8.13. The van der Waals surface area contributed by atoms with Crippen molar-refractivity contribution in [1.82, 2.24) is 45.3 Å². The molecule has 0 aliphatic rings. The highest BCUT2D eigenvalue weighted by atomic mass is 15.3. The van der Waals surface area contributed by atoms with Gasteiger partial charge in [0.05, 0.1) is 29.9 Å². The van der Waals surface area contributed by atoms with E-state index >= 15 is 0 Å². The molecule has 6 aromatic rings. The predicted molar refractivity (Wildman–Crippen MR) is 102 cm³/mol. The topological polar surface area (TPSA) is 125 Å². The monoisotopic (exact) mass is 357 g/mol. The van der Waals surface area contributed by atoms with Crippen LogP contribution in [0.5, 0.6) is 0 Å². The minimum atomic E-state index is 0.713. The fourth-order valence-corrected chi connectivity index (χ4v) is 2.36. The summed E-state index contributed by atoms with van der Waals surface area (Å²) < 4.78 is 0. The lowest BCUT2D eigenvalue weighted by Gasteiger charge is -1.81. The Labute approximate surface area is 152 Å². The molecule has 0 unspecified atom stereocenters. The Morgan fingerprint density at radius 2 is 1.30 bits per heavy atom. The van der Waals surface area contributed by atoms with Crippen LogP contribution in [0.4, 0.5) is 0 Å². The van der Waals surface area contributed by atoms with E-state index in [-0.39, 0.29) is 0 Å². The number of hydrogen-bond acceptors (Lipinski definition) is 6. The van der Waals surface area contributed by atoms with Crippen LogP contribution < -0.4 is 0 Å². The van der Waals surface area contributed by atoms with Gasteiger partial charge in [-0.1, -0.05) is 24.3 Å². The number of aromatic amines is 3. The van der Waals surface area contributed by atoms with Gasteiger partial charge in [-0.25, -0.2) is 19.9 Å². The van der Waals surface area contributed by atoms with Crippen molar-refractivity contribution in [3.05, 3.63) is 73.7 Å². The molecule has 0 amide bonds. The van der Waals surface area contributed by atoms with E-state index in [1.54, 1.807) is 18.9 Å². The number of para-hydroxylation sites is 4. The lowest BCUT2D eigenvalue weighted by molar-refractivity contribution is 0.959. The van der Waals surface area contributed by atoms with E-state index in [2.05, 4.69) is 45.3 Å². The number of aromatic nitrogens is 9. The Hall–Kier alpha value is -4.14. The van der Waals surface area contributed by atoms with Gasteiger partial charge in [0, 0.05) is 0 Å². The quantitative estimate of drug-likeness (QED) is 0.384. The molecule has 4 aromatic heterocycles. The normalized spacial score (nSPS) is 10.2. The van der Waals surface area contributed by atoms with Gasteiger partial charge < -0.3 is 9.97 Å². The maximum Gasteiger partial charge on any atom is 0.180 e. The van der Waals surface area contributed by atoms with Crippen LogP contribution in [0.3, 0.4) is 0 Å². The van der Waals surface area contributed by atoms with Gasteiger partial charge in [0.2, 0.25) is 0 Å². The molecule has 0 bridgehead atoms. The highest BCUT2D eigenvalue weighted by Gasteiger charge is 1.92. The van der Waals surface area contributed by atoms with Crippen LogP contribution in [0.1, 0.15) is 0 Å².